The molecule has 1 fully saturated rings. The maximum atomic E-state index is 12.6. The first kappa shape index (κ1) is 17.9. The number of para-hydroxylation sites is 2. The van der Waals surface area contributed by atoms with Crippen molar-refractivity contribution >= 4 is 17.1 Å². The van der Waals surface area contributed by atoms with E-state index in [0.29, 0.717) is 30.5 Å². The lowest BCUT2D eigenvalue weighted by atomic mass is 10.1. The van der Waals surface area contributed by atoms with E-state index in [4.69, 9.17) is 14.2 Å². The molecule has 2 aromatic heterocycles. The highest BCUT2D eigenvalue weighted by Crippen LogP contribution is 2.30. The van der Waals surface area contributed by atoms with Gasteiger partial charge in [0, 0.05) is 25.5 Å². The number of benzene rings is 1. The third-order valence-electron chi connectivity index (χ3n) is 5.32. The molecule has 150 valence electrons. The van der Waals surface area contributed by atoms with Crippen LogP contribution in [0.3, 0.4) is 0 Å². The fourth-order valence-corrected chi connectivity index (χ4v) is 3.75. The molecule has 0 saturated carbocycles. The van der Waals surface area contributed by atoms with Gasteiger partial charge in [-0.05, 0) is 31.0 Å². The maximum absolute atomic E-state index is 12.6. The van der Waals surface area contributed by atoms with E-state index in [0.717, 1.165) is 43.0 Å². The molecule has 1 aromatic carbocycles. The molecule has 4 heterocycles. The number of nitrogens with zero attached hydrogens (tertiary/aromatic N) is 3. The van der Waals surface area contributed by atoms with Crippen LogP contribution in [0.2, 0.25) is 0 Å². The highest BCUT2D eigenvalue weighted by atomic mass is 16.6. The largest absolute Gasteiger partial charge is 0.486 e. The molecule has 5 rings (SSSR count). The van der Waals surface area contributed by atoms with Crippen molar-refractivity contribution in [1.82, 2.24) is 19.9 Å². The second-order valence-corrected chi connectivity index (χ2v) is 7.27. The molecule has 0 radical (unpaired) electrons. The smallest absolute Gasteiger partial charge is 0.253 e. The number of hydrogen-bond acceptors (Lipinski definition) is 6. The predicted octanol–water partition coefficient (Wildman–Crippen LogP) is 2.35. The number of carbonyl (C=O) groups excluding carboxylic acids is 1. The van der Waals surface area contributed by atoms with E-state index in [1.54, 1.807) is 18.6 Å². The summed E-state index contributed by atoms with van der Waals surface area (Å²) >= 11 is 0. The van der Waals surface area contributed by atoms with Crippen molar-refractivity contribution < 1.29 is 19.0 Å². The number of fused-ring (bicyclic) bond motifs is 2. The molecule has 8 nitrogen and oxygen atoms in total. The lowest BCUT2D eigenvalue weighted by molar-refractivity contribution is 0.0704. The summed E-state index contributed by atoms with van der Waals surface area (Å²) in [6.45, 7) is 2.25. The monoisotopic (exact) mass is 394 g/mol. The summed E-state index contributed by atoms with van der Waals surface area (Å²) in [5.41, 5.74) is 2.00. The van der Waals surface area contributed by atoms with E-state index in [1.165, 1.54) is 0 Å². The fraction of sp³-hybridized carbons (Fsp3) is 0.381. The van der Waals surface area contributed by atoms with E-state index in [-0.39, 0.29) is 12.0 Å². The average Bonchev–Trinajstić information content (AvgIpc) is 3.21. The Labute approximate surface area is 167 Å². The summed E-state index contributed by atoms with van der Waals surface area (Å²) in [5, 5.41) is 2.90. The predicted molar refractivity (Wildman–Crippen MR) is 105 cm³/mol. The molecule has 29 heavy (non-hydrogen) atoms. The molecule has 1 N–H and O–H groups in total. The minimum Gasteiger partial charge on any atom is -0.486 e. The van der Waals surface area contributed by atoms with E-state index < -0.39 is 0 Å². The molecular formula is C21H22N4O4. The van der Waals surface area contributed by atoms with Gasteiger partial charge in [-0.1, -0.05) is 12.1 Å². The molecule has 0 aliphatic carbocycles. The number of rotatable bonds is 4. The van der Waals surface area contributed by atoms with Crippen LogP contribution in [0.25, 0.3) is 11.2 Å². The molecule has 2 aliphatic rings. The molecule has 2 aliphatic heterocycles. The van der Waals surface area contributed by atoms with Crippen molar-refractivity contribution in [2.75, 3.05) is 26.4 Å². The molecule has 0 bridgehead atoms. The Morgan fingerprint density at radius 1 is 1.17 bits per heavy atom. The van der Waals surface area contributed by atoms with Crippen molar-refractivity contribution in [1.29, 1.82) is 0 Å². The van der Waals surface area contributed by atoms with E-state index >= 15 is 0 Å². The molecule has 3 aromatic rings. The first-order chi connectivity index (χ1) is 14.3. The number of ether oxygens (including phenoxy) is 3. The third-order valence-corrected chi connectivity index (χ3v) is 5.32. The standard InChI is InChI=1S/C21H22N4O4/c26-21(23-11-16-12-28-18-3-1-2-4-19(18)29-16)14-9-17-20(22-10-14)25(13-24-17)15-5-7-27-8-6-15/h1-4,9-10,13,15-16H,5-8,11-12H2,(H,23,26). The highest BCUT2D eigenvalue weighted by Gasteiger charge is 2.22. The SMILES string of the molecule is O=C(NCC1COc2ccccc2O1)c1cnc2c(c1)ncn2C1CCOCC1. The molecular weight excluding hydrogens is 372 g/mol. The molecule has 1 atom stereocenters. The summed E-state index contributed by atoms with van der Waals surface area (Å²) in [4.78, 5) is 21.5. The lowest BCUT2D eigenvalue weighted by Crippen LogP contribution is -2.40. The van der Waals surface area contributed by atoms with Crippen LogP contribution < -0.4 is 14.8 Å². The second-order valence-electron chi connectivity index (χ2n) is 7.27. The Kier molecular flexibility index (Phi) is 4.77. The molecule has 1 amide bonds. The Morgan fingerprint density at radius 2 is 2.00 bits per heavy atom. The summed E-state index contributed by atoms with van der Waals surface area (Å²) in [7, 11) is 0. The second kappa shape index (κ2) is 7.71. The van der Waals surface area contributed by atoms with Crippen LogP contribution in [-0.2, 0) is 4.74 Å². The van der Waals surface area contributed by atoms with Gasteiger partial charge >= 0.3 is 0 Å². The van der Waals surface area contributed by atoms with Crippen molar-refractivity contribution in [2.24, 2.45) is 0 Å². The number of nitrogens with one attached hydrogen (secondary N) is 1. The summed E-state index contributed by atoms with van der Waals surface area (Å²) in [5.74, 6) is 1.21. The Balaban J connectivity index is 1.24. The van der Waals surface area contributed by atoms with Gasteiger partial charge in [-0.25, -0.2) is 9.97 Å². The van der Waals surface area contributed by atoms with E-state index in [9.17, 15) is 4.79 Å². The number of amides is 1. The van der Waals surface area contributed by atoms with Gasteiger partial charge in [0.2, 0.25) is 0 Å². The minimum atomic E-state index is -0.238. The first-order valence-electron chi connectivity index (χ1n) is 9.85. The van der Waals surface area contributed by atoms with Gasteiger partial charge in [-0.15, -0.1) is 0 Å². The fourth-order valence-electron chi connectivity index (χ4n) is 3.75. The van der Waals surface area contributed by atoms with Crippen molar-refractivity contribution in [3.8, 4) is 11.5 Å². The quantitative estimate of drug-likeness (QED) is 0.731. The third kappa shape index (κ3) is 3.63. The minimum absolute atomic E-state index is 0.206. The van der Waals surface area contributed by atoms with E-state index in [2.05, 4.69) is 19.9 Å². The number of imidazole rings is 1. The van der Waals surface area contributed by atoms with Gasteiger partial charge in [-0.2, -0.15) is 0 Å². The topological polar surface area (TPSA) is 87.5 Å². The highest BCUT2D eigenvalue weighted by molar-refractivity contribution is 5.96. The van der Waals surface area contributed by atoms with Crippen molar-refractivity contribution in [3.63, 3.8) is 0 Å². The van der Waals surface area contributed by atoms with Crippen LogP contribution >= 0.6 is 0 Å². The van der Waals surface area contributed by atoms with Gasteiger partial charge in [0.05, 0.1) is 18.4 Å². The first-order valence-corrected chi connectivity index (χ1v) is 9.85. The maximum Gasteiger partial charge on any atom is 0.253 e. The number of aromatic nitrogens is 3. The van der Waals surface area contributed by atoms with Crippen LogP contribution in [0.15, 0.2) is 42.9 Å². The van der Waals surface area contributed by atoms with Crippen LogP contribution in [-0.4, -0.2) is 52.9 Å². The summed E-state index contributed by atoms with van der Waals surface area (Å²) in [6.07, 6.45) is 5.06. The van der Waals surface area contributed by atoms with Crippen molar-refractivity contribution in [3.05, 3.63) is 48.4 Å². The van der Waals surface area contributed by atoms with Crippen molar-refractivity contribution in [2.45, 2.75) is 25.0 Å². The van der Waals surface area contributed by atoms with Crippen LogP contribution in [0.5, 0.6) is 11.5 Å². The summed E-state index contributed by atoms with van der Waals surface area (Å²) in [6, 6.07) is 9.63. The molecule has 1 saturated heterocycles. The Morgan fingerprint density at radius 3 is 2.86 bits per heavy atom. The van der Waals surface area contributed by atoms with Crippen LogP contribution in [0.4, 0.5) is 0 Å². The van der Waals surface area contributed by atoms with Crippen LogP contribution in [0.1, 0.15) is 29.2 Å². The zero-order chi connectivity index (χ0) is 19.6. The molecule has 8 heteroatoms. The normalized spacial score (nSPS) is 19.2. The molecule has 0 spiro atoms. The number of hydrogen-bond donors (Lipinski definition) is 1. The van der Waals surface area contributed by atoms with Gasteiger partial charge in [0.15, 0.2) is 17.1 Å². The number of pyridine rings is 1. The summed E-state index contributed by atoms with van der Waals surface area (Å²) < 4.78 is 19.1. The van der Waals surface area contributed by atoms with Crippen LogP contribution in [0, 0.1) is 0 Å². The Hall–Kier alpha value is -3.13. The zero-order valence-electron chi connectivity index (χ0n) is 15.9. The average molecular weight is 394 g/mol. The van der Waals surface area contributed by atoms with Gasteiger partial charge in [0.25, 0.3) is 5.91 Å². The lowest BCUT2D eigenvalue weighted by Gasteiger charge is -2.26. The van der Waals surface area contributed by atoms with E-state index in [1.807, 2.05) is 24.3 Å². The van der Waals surface area contributed by atoms with Gasteiger partial charge in [-0.3, -0.25) is 4.79 Å². The number of carbonyl (C=O) groups is 1. The van der Waals surface area contributed by atoms with Gasteiger partial charge < -0.3 is 24.1 Å². The Bertz CT molecular complexity index is 1030. The van der Waals surface area contributed by atoms with Gasteiger partial charge in [0.1, 0.15) is 18.2 Å². The zero-order valence-corrected chi connectivity index (χ0v) is 15.9. The molecule has 1 unspecified atom stereocenters.